The molecule has 0 spiro atoms. The van der Waals surface area contributed by atoms with Crippen LogP contribution in [0.5, 0.6) is 5.75 Å². The lowest BCUT2D eigenvalue weighted by atomic mass is 9.99. The molecule has 1 aromatic rings. The van der Waals surface area contributed by atoms with Crippen molar-refractivity contribution in [1.29, 1.82) is 10.5 Å². The zero-order valence-electron chi connectivity index (χ0n) is 9.73. The number of nitrogens with zero attached hydrogens (tertiary/aromatic N) is 2. The summed E-state index contributed by atoms with van der Waals surface area (Å²) in [4.78, 5) is 11.8. The number of aryl methyl sites for hydroxylation is 1. The molecule has 0 saturated heterocycles. The van der Waals surface area contributed by atoms with Gasteiger partial charge in [-0.15, -0.1) is 0 Å². The first-order valence-corrected chi connectivity index (χ1v) is 5.09. The highest BCUT2D eigenvalue weighted by Gasteiger charge is 2.14. The first-order valence-electron chi connectivity index (χ1n) is 5.09. The Balaban J connectivity index is 2.88. The molecule has 0 atom stereocenters. The van der Waals surface area contributed by atoms with E-state index in [9.17, 15) is 4.79 Å². The number of hydrogen-bond donors (Lipinski definition) is 0. The Hall–Kier alpha value is -2.33. The Morgan fingerprint density at radius 1 is 1.41 bits per heavy atom. The molecule has 0 radical (unpaired) electrons. The second kappa shape index (κ2) is 5.67. The first kappa shape index (κ1) is 12.7. The van der Waals surface area contributed by atoms with Crippen molar-refractivity contribution < 1.29 is 9.53 Å². The predicted octanol–water partition coefficient (Wildman–Crippen LogP) is 2.24. The summed E-state index contributed by atoms with van der Waals surface area (Å²) in [5, 5.41) is 17.2. The number of Topliss-reactive ketones (excluding diaryl/α,β-unsaturated/α-hetero) is 1. The van der Waals surface area contributed by atoms with Crippen molar-refractivity contribution in [3.8, 4) is 17.9 Å². The molecular formula is C13H12N2O2. The molecule has 4 heteroatoms. The SMILES string of the molecule is COc1ccc(C(=O)CC(C#N)C#N)cc1C. The number of carbonyl (C=O) groups is 1. The summed E-state index contributed by atoms with van der Waals surface area (Å²) in [7, 11) is 1.56. The largest absolute Gasteiger partial charge is 0.496 e. The van der Waals surface area contributed by atoms with Crippen LogP contribution in [0.3, 0.4) is 0 Å². The van der Waals surface area contributed by atoms with Crippen molar-refractivity contribution in [1.82, 2.24) is 0 Å². The number of nitriles is 2. The van der Waals surface area contributed by atoms with Crippen LogP contribution in [0.4, 0.5) is 0 Å². The topological polar surface area (TPSA) is 73.9 Å². The maximum absolute atomic E-state index is 11.8. The molecular weight excluding hydrogens is 216 g/mol. The van der Waals surface area contributed by atoms with Gasteiger partial charge < -0.3 is 4.74 Å². The van der Waals surface area contributed by atoms with E-state index in [-0.39, 0.29) is 12.2 Å². The van der Waals surface area contributed by atoms with Gasteiger partial charge in [0.15, 0.2) is 5.78 Å². The van der Waals surface area contributed by atoms with Gasteiger partial charge in [-0.3, -0.25) is 4.79 Å². The highest BCUT2D eigenvalue weighted by atomic mass is 16.5. The fourth-order valence-electron chi connectivity index (χ4n) is 1.48. The molecule has 0 fully saturated rings. The van der Waals surface area contributed by atoms with Crippen LogP contribution in [-0.4, -0.2) is 12.9 Å². The predicted molar refractivity (Wildman–Crippen MR) is 61.4 cm³/mol. The lowest BCUT2D eigenvalue weighted by Gasteiger charge is -2.06. The van der Waals surface area contributed by atoms with Gasteiger partial charge >= 0.3 is 0 Å². The third-order valence-electron chi connectivity index (χ3n) is 2.42. The highest BCUT2D eigenvalue weighted by Crippen LogP contribution is 2.20. The molecule has 4 nitrogen and oxygen atoms in total. The van der Waals surface area contributed by atoms with E-state index < -0.39 is 5.92 Å². The Morgan fingerprint density at radius 3 is 2.53 bits per heavy atom. The molecule has 86 valence electrons. The number of methoxy groups -OCH3 is 1. The second-order valence-corrected chi connectivity index (χ2v) is 3.62. The summed E-state index contributed by atoms with van der Waals surface area (Å²) >= 11 is 0. The third kappa shape index (κ3) is 3.06. The van der Waals surface area contributed by atoms with Gasteiger partial charge in [0.1, 0.15) is 11.7 Å². The van der Waals surface area contributed by atoms with E-state index in [4.69, 9.17) is 15.3 Å². The Labute approximate surface area is 100 Å². The van der Waals surface area contributed by atoms with Crippen LogP contribution < -0.4 is 4.74 Å². The monoisotopic (exact) mass is 228 g/mol. The minimum atomic E-state index is -0.884. The van der Waals surface area contributed by atoms with E-state index in [2.05, 4.69) is 0 Å². The minimum absolute atomic E-state index is 0.0707. The molecule has 0 N–H and O–H groups in total. The molecule has 17 heavy (non-hydrogen) atoms. The number of benzene rings is 1. The number of ether oxygens (including phenoxy) is 1. The summed E-state index contributed by atoms with van der Waals surface area (Å²) in [5.74, 6) is -0.382. The van der Waals surface area contributed by atoms with E-state index in [0.29, 0.717) is 11.3 Å². The maximum atomic E-state index is 11.8. The van der Waals surface area contributed by atoms with Crippen molar-refractivity contribution in [2.24, 2.45) is 5.92 Å². The van der Waals surface area contributed by atoms with Gasteiger partial charge in [0.05, 0.1) is 19.2 Å². The van der Waals surface area contributed by atoms with Crippen LogP contribution in [0.1, 0.15) is 22.3 Å². The molecule has 0 heterocycles. The molecule has 1 rings (SSSR count). The fourth-order valence-corrected chi connectivity index (χ4v) is 1.48. The van der Waals surface area contributed by atoms with E-state index in [0.717, 1.165) is 5.56 Å². The summed E-state index contributed by atoms with van der Waals surface area (Å²) in [6.45, 7) is 1.84. The van der Waals surface area contributed by atoms with Crippen LogP contribution >= 0.6 is 0 Å². The second-order valence-electron chi connectivity index (χ2n) is 3.62. The Kier molecular flexibility index (Phi) is 4.25. The molecule has 0 unspecified atom stereocenters. The summed E-state index contributed by atoms with van der Waals surface area (Å²) in [6, 6.07) is 8.61. The van der Waals surface area contributed by atoms with Crippen LogP contribution in [-0.2, 0) is 0 Å². The van der Waals surface area contributed by atoms with E-state index in [1.807, 2.05) is 6.92 Å². The number of hydrogen-bond acceptors (Lipinski definition) is 4. The minimum Gasteiger partial charge on any atom is -0.496 e. The van der Waals surface area contributed by atoms with Gasteiger partial charge in [0.25, 0.3) is 0 Å². The Morgan fingerprint density at radius 2 is 2.06 bits per heavy atom. The first-order chi connectivity index (χ1) is 8.12. The van der Waals surface area contributed by atoms with Crippen molar-refractivity contribution in [3.63, 3.8) is 0 Å². The standard InChI is InChI=1S/C13H12N2O2/c1-9-5-11(3-4-13(9)17-2)12(16)6-10(7-14)8-15/h3-5,10H,6H2,1-2H3. The Bertz CT molecular complexity index is 495. The van der Waals surface area contributed by atoms with Crippen LogP contribution in [0.25, 0.3) is 0 Å². The number of ketones is 1. The smallest absolute Gasteiger partial charge is 0.165 e. The molecule has 0 bridgehead atoms. The summed E-state index contributed by atoms with van der Waals surface area (Å²) in [5.41, 5.74) is 1.35. The van der Waals surface area contributed by atoms with Gasteiger partial charge in [-0.05, 0) is 30.7 Å². The van der Waals surface area contributed by atoms with E-state index in [1.54, 1.807) is 37.4 Å². The van der Waals surface area contributed by atoms with Crippen molar-refractivity contribution >= 4 is 5.78 Å². The average Bonchev–Trinajstić information content (AvgIpc) is 2.35. The van der Waals surface area contributed by atoms with Gasteiger partial charge in [-0.1, -0.05) is 0 Å². The summed E-state index contributed by atoms with van der Waals surface area (Å²) < 4.78 is 5.09. The quantitative estimate of drug-likeness (QED) is 0.740. The molecule has 0 aliphatic rings. The van der Waals surface area contributed by atoms with Crippen molar-refractivity contribution in [2.75, 3.05) is 7.11 Å². The fraction of sp³-hybridized carbons (Fsp3) is 0.308. The van der Waals surface area contributed by atoms with Gasteiger partial charge in [0, 0.05) is 12.0 Å². The molecule has 0 saturated carbocycles. The molecule has 0 aliphatic heterocycles. The molecule has 0 aromatic heterocycles. The molecule has 0 amide bonds. The molecule has 0 aliphatic carbocycles. The lowest BCUT2D eigenvalue weighted by molar-refractivity contribution is 0.0976. The third-order valence-corrected chi connectivity index (χ3v) is 2.42. The van der Waals surface area contributed by atoms with Gasteiger partial charge in [0.2, 0.25) is 0 Å². The molecule has 1 aromatic carbocycles. The van der Waals surface area contributed by atoms with E-state index >= 15 is 0 Å². The van der Waals surface area contributed by atoms with Crippen LogP contribution in [0.15, 0.2) is 18.2 Å². The van der Waals surface area contributed by atoms with Crippen molar-refractivity contribution in [3.05, 3.63) is 29.3 Å². The number of rotatable bonds is 4. The summed E-state index contributed by atoms with van der Waals surface area (Å²) in [6.07, 6.45) is -0.0707. The van der Waals surface area contributed by atoms with Crippen molar-refractivity contribution in [2.45, 2.75) is 13.3 Å². The highest BCUT2D eigenvalue weighted by molar-refractivity contribution is 5.96. The zero-order valence-corrected chi connectivity index (χ0v) is 9.73. The van der Waals surface area contributed by atoms with Crippen LogP contribution in [0, 0.1) is 35.5 Å². The lowest BCUT2D eigenvalue weighted by Crippen LogP contribution is -2.06. The van der Waals surface area contributed by atoms with E-state index in [1.165, 1.54) is 0 Å². The van der Waals surface area contributed by atoms with Gasteiger partial charge in [-0.25, -0.2) is 0 Å². The van der Waals surface area contributed by atoms with Gasteiger partial charge in [-0.2, -0.15) is 10.5 Å². The normalized spacial score (nSPS) is 9.47. The maximum Gasteiger partial charge on any atom is 0.165 e. The number of carbonyl (C=O) groups excluding carboxylic acids is 1. The van der Waals surface area contributed by atoms with Crippen LogP contribution in [0.2, 0.25) is 0 Å². The zero-order chi connectivity index (χ0) is 12.8. The average molecular weight is 228 g/mol.